The summed E-state index contributed by atoms with van der Waals surface area (Å²) in [4.78, 5) is 11.4. The lowest BCUT2D eigenvalue weighted by atomic mass is 10.3. The molecule has 5 heteroatoms. The van der Waals surface area contributed by atoms with E-state index in [1.807, 2.05) is 0 Å². The van der Waals surface area contributed by atoms with E-state index in [0.29, 0.717) is 16.1 Å². The first kappa shape index (κ1) is 7.24. The molecule has 0 aromatic carbocycles. The van der Waals surface area contributed by atoms with Gasteiger partial charge in [0.15, 0.2) is 5.75 Å². The lowest BCUT2D eigenvalue weighted by Gasteiger charge is -1.98. The van der Waals surface area contributed by atoms with Crippen molar-refractivity contribution in [1.82, 2.24) is 15.0 Å². The molecule has 2 rings (SSSR count). The van der Waals surface area contributed by atoms with Crippen LogP contribution in [0.2, 0.25) is 5.15 Å². The highest BCUT2D eigenvalue weighted by molar-refractivity contribution is 6.34. The summed E-state index contributed by atoms with van der Waals surface area (Å²) in [6.45, 7) is 0. The van der Waals surface area contributed by atoms with Gasteiger partial charge in [0.2, 0.25) is 0 Å². The van der Waals surface area contributed by atoms with Crippen LogP contribution in [0.1, 0.15) is 0 Å². The molecule has 0 spiro atoms. The number of hydrogen-bond acceptors (Lipinski definition) is 4. The summed E-state index contributed by atoms with van der Waals surface area (Å²) >= 11 is 5.73. The maximum absolute atomic E-state index is 9.28. The monoisotopic (exact) mass is 181 g/mol. The summed E-state index contributed by atoms with van der Waals surface area (Å²) in [5.41, 5.74) is 0.421. The molecule has 12 heavy (non-hydrogen) atoms. The molecule has 0 fully saturated rings. The zero-order valence-corrected chi connectivity index (χ0v) is 6.65. The van der Waals surface area contributed by atoms with Crippen molar-refractivity contribution < 1.29 is 5.11 Å². The molecule has 4 nitrogen and oxygen atoms in total. The third kappa shape index (κ3) is 0.967. The van der Waals surface area contributed by atoms with Crippen LogP contribution in [-0.4, -0.2) is 20.1 Å². The Balaban J connectivity index is 2.94. The van der Waals surface area contributed by atoms with Gasteiger partial charge in [-0.25, -0.2) is 9.97 Å². The lowest BCUT2D eigenvalue weighted by molar-refractivity contribution is 0.478. The number of nitrogens with zero attached hydrogens (tertiary/aromatic N) is 3. The minimum atomic E-state index is 0.0109. The zero-order chi connectivity index (χ0) is 8.55. The Labute approximate surface area is 72.9 Å². The maximum Gasteiger partial charge on any atom is 0.160 e. The van der Waals surface area contributed by atoms with Crippen LogP contribution < -0.4 is 0 Å². The summed E-state index contributed by atoms with van der Waals surface area (Å²) in [7, 11) is 0. The molecule has 0 bridgehead atoms. The van der Waals surface area contributed by atoms with Gasteiger partial charge in [-0.3, -0.25) is 4.98 Å². The van der Waals surface area contributed by atoms with Crippen LogP contribution in [0.5, 0.6) is 5.75 Å². The molecule has 0 aliphatic rings. The van der Waals surface area contributed by atoms with Gasteiger partial charge in [0.1, 0.15) is 17.0 Å². The fraction of sp³-hybridized carbons (Fsp3) is 0. The normalized spacial score (nSPS) is 10.4. The van der Waals surface area contributed by atoms with Crippen molar-refractivity contribution in [1.29, 1.82) is 0 Å². The molecule has 2 aromatic rings. The predicted molar refractivity (Wildman–Crippen MR) is 44.0 cm³/mol. The van der Waals surface area contributed by atoms with Gasteiger partial charge in [0.25, 0.3) is 0 Å². The van der Waals surface area contributed by atoms with Gasteiger partial charge in [-0.15, -0.1) is 0 Å². The number of rotatable bonds is 0. The van der Waals surface area contributed by atoms with Gasteiger partial charge in [0.05, 0.1) is 11.6 Å². The first-order valence-electron chi connectivity index (χ1n) is 3.22. The summed E-state index contributed by atoms with van der Waals surface area (Å²) in [6.07, 6.45) is 4.12. The van der Waals surface area contributed by atoms with Crippen LogP contribution in [0.15, 0.2) is 18.7 Å². The summed E-state index contributed by atoms with van der Waals surface area (Å²) in [5, 5.41) is 10.1. The largest absolute Gasteiger partial charge is 0.504 e. The zero-order valence-electron chi connectivity index (χ0n) is 5.90. The second-order valence-corrected chi connectivity index (χ2v) is 2.58. The summed E-state index contributed by atoms with van der Waals surface area (Å²) < 4.78 is 0. The number of halogens is 1. The Morgan fingerprint density at radius 2 is 2.08 bits per heavy atom. The van der Waals surface area contributed by atoms with Crippen LogP contribution in [-0.2, 0) is 0 Å². The number of fused-ring (bicyclic) bond motifs is 1. The summed E-state index contributed by atoms with van der Waals surface area (Å²) in [6, 6.07) is 0. The molecule has 1 N–H and O–H groups in total. The van der Waals surface area contributed by atoms with Gasteiger partial charge < -0.3 is 5.11 Å². The first-order chi connectivity index (χ1) is 5.79. The molecule has 0 atom stereocenters. The highest BCUT2D eigenvalue weighted by atomic mass is 35.5. The lowest BCUT2D eigenvalue weighted by Crippen LogP contribution is -1.85. The highest BCUT2D eigenvalue weighted by Crippen LogP contribution is 2.24. The van der Waals surface area contributed by atoms with E-state index in [9.17, 15) is 5.11 Å². The smallest absolute Gasteiger partial charge is 0.160 e. The van der Waals surface area contributed by atoms with E-state index < -0.39 is 0 Å². The average molecular weight is 182 g/mol. The first-order valence-corrected chi connectivity index (χ1v) is 3.60. The minimum Gasteiger partial charge on any atom is -0.504 e. The fourth-order valence-electron chi connectivity index (χ4n) is 0.936. The van der Waals surface area contributed by atoms with E-state index in [1.54, 1.807) is 0 Å². The Morgan fingerprint density at radius 3 is 2.83 bits per heavy atom. The molecule has 0 aliphatic heterocycles. The van der Waals surface area contributed by atoms with Crippen LogP contribution in [0.4, 0.5) is 0 Å². The van der Waals surface area contributed by atoms with E-state index in [0.717, 1.165) is 0 Å². The molecular formula is C7H4ClN3O. The Kier molecular flexibility index (Phi) is 1.55. The van der Waals surface area contributed by atoms with Gasteiger partial charge in [-0.2, -0.15) is 0 Å². The van der Waals surface area contributed by atoms with E-state index in [1.165, 1.54) is 18.7 Å². The molecule has 0 radical (unpaired) electrons. The molecule has 0 saturated carbocycles. The molecule has 0 unspecified atom stereocenters. The standard InChI is InChI=1S/C7H4ClN3O/c8-7-4-1-9-2-5(12)6(4)10-3-11-7/h1-3,12H. The molecular weight excluding hydrogens is 178 g/mol. The van der Waals surface area contributed by atoms with Crippen LogP contribution in [0.25, 0.3) is 10.9 Å². The number of hydrogen-bond donors (Lipinski definition) is 1. The topological polar surface area (TPSA) is 58.9 Å². The minimum absolute atomic E-state index is 0.0109. The fourth-order valence-corrected chi connectivity index (χ4v) is 1.12. The van der Waals surface area contributed by atoms with Crippen LogP contribution >= 0.6 is 11.6 Å². The molecule has 0 saturated heterocycles. The quantitative estimate of drug-likeness (QED) is 0.624. The Bertz CT molecular complexity index is 391. The van der Waals surface area contributed by atoms with Crippen LogP contribution in [0.3, 0.4) is 0 Å². The number of aromatic hydroxyl groups is 1. The van der Waals surface area contributed by atoms with E-state index >= 15 is 0 Å². The molecule has 60 valence electrons. The Hall–Kier alpha value is -1.42. The average Bonchev–Trinajstić information content (AvgIpc) is 2.07. The van der Waals surface area contributed by atoms with Crippen molar-refractivity contribution in [3.63, 3.8) is 0 Å². The van der Waals surface area contributed by atoms with E-state index in [4.69, 9.17) is 11.6 Å². The molecule has 0 amide bonds. The van der Waals surface area contributed by atoms with Crippen LogP contribution in [0, 0.1) is 0 Å². The second kappa shape index (κ2) is 2.57. The van der Waals surface area contributed by atoms with Crippen molar-refractivity contribution >= 4 is 22.5 Å². The highest BCUT2D eigenvalue weighted by Gasteiger charge is 2.04. The maximum atomic E-state index is 9.28. The molecule has 2 heterocycles. The summed E-state index contributed by atoms with van der Waals surface area (Å²) in [5.74, 6) is 0.0109. The van der Waals surface area contributed by atoms with E-state index in [2.05, 4.69) is 15.0 Å². The van der Waals surface area contributed by atoms with E-state index in [-0.39, 0.29) is 5.75 Å². The van der Waals surface area contributed by atoms with Crippen molar-refractivity contribution in [2.24, 2.45) is 0 Å². The predicted octanol–water partition coefficient (Wildman–Crippen LogP) is 1.38. The number of pyridine rings is 1. The van der Waals surface area contributed by atoms with Gasteiger partial charge in [-0.1, -0.05) is 11.6 Å². The van der Waals surface area contributed by atoms with Gasteiger partial charge in [-0.05, 0) is 0 Å². The SMILES string of the molecule is Oc1cncc2c(Cl)ncnc12. The third-order valence-electron chi connectivity index (χ3n) is 1.48. The van der Waals surface area contributed by atoms with Crippen molar-refractivity contribution in [2.75, 3.05) is 0 Å². The molecule has 0 aliphatic carbocycles. The van der Waals surface area contributed by atoms with Crippen molar-refractivity contribution in [3.8, 4) is 5.75 Å². The molecule has 2 aromatic heterocycles. The third-order valence-corrected chi connectivity index (χ3v) is 1.78. The van der Waals surface area contributed by atoms with Crippen molar-refractivity contribution in [2.45, 2.75) is 0 Å². The Morgan fingerprint density at radius 1 is 1.25 bits per heavy atom. The van der Waals surface area contributed by atoms with Gasteiger partial charge >= 0.3 is 0 Å². The second-order valence-electron chi connectivity index (χ2n) is 2.22. The number of aromatic nitrogens is 3. The van der Waals surface area contributed by atoms with Crippen molar-refractivity contribution in [3.05, 3.63) is 23.9 Å². The van der Waals surface area contributed by atoms with Gasteiger partial charge in [0, 0.05) is 6.20 Å².